The Kier molecular flexibility index (Phi) is 6.87. The van der Waals surface area contributed by atoms with Crippen LogP contribution in [0.15, 0.2) is 52.9 Å². The van der Waals surface area contributed by atoms with Crippen LogP contribution in [0.25, 0.3) is 22.1 Å². The van der Waals surface area contributed by atoms with Gasteiger partial charge in [0.1, 0.15) is 33.8 Å². The first kappa shape index (κ1) is 26.9. The third kappa shape index (κ3) is 5.11. The van der Waals surface area contributed by atoms with Crippen molar-refractivity contribution in [3.63, 3.8) is 0 Å². The number of rotatable bonds is 6. The van der Waals surface area contributed by atoms with E-state index in [1.54, 1.807) is 18.2 Å². The lowest BCUT2D eigenvalue weighted by atomic mass is 9.80. The number of carbonyl (C=O) groups excluding carboxylic acids is 2. The highest BCUT2D eigenvalue weighted by Gasteiger charge is 2.50. The molecule has 3 aromatic rings. The first-order valence-electron chi connectivity index (χ1n) is 14.0. The summed E-state index contributed by atoms with van der Waals surface area (Å²) in [5.74, 6) is 0.141. The molecule has 3 fully saturated rings. The van der Waals surface area contributed by atoms with E-state index < -0.39 is 33.8 Å². The minimum absolute atomic E-state index is 0.121. The van der Waals surface area contributed by atoms with Crippen molar-refractivity contribution in [2.45, 2.75) is 74.5 Å². The Labute approximate surface area is 235 Å². The van der Waals surface area contributed by atoms with Crippen LogP contribution in [0.2, 0.25) is 0 Å². The average molecular weight is 562 g/mol. The van der Waals surface area contributed by atoms with Crippen molar-refractivity contribution < 1.29 is 22.9 Å². The lowest BCUT2D eigenvalue weighted by molar-refractivity contribution is -0.129. The topological polar surface area (TPSA) is 118 Å². The summed E-state index contributed by atoms with van der Waals surface area (Å²) in [7, 11) is 0. The van der Waals surface area contributed by atoms with Crippen LogP contribution < -0.4 is 10.6 Å². The van der Waals surface area contributed by atoms with Crippen LogP contribution >= 0.6 is 0 Å². The molecule has 2 aromatic carbocycles. The van der Waals surface area contributed by atoms with E-state index in [2.05, 4.69) is 16.7 Å². The van der Waals surface area contributed by atoms with Crippen LogP contribution in [-0.4, -0.2) is 39.0 Å². The molecule has 7 nitrogen and oxygen atoms in total. The van der Waals surface area contributed by atoms with E-state index in [1.165, 1.54) is 0 Å². The number of halogens is 1. The van der Waals surface area contributed by atoms with E-state index in [9.17, 15) is 19.4 Å². The van der Waals surface area contributed by atoms with Crippen LogP contribution in [0.4, 0.5) is 4.39 Å². The minimum atomic E-state index is -1.44. The maximum Gasteiger partial charge on any atom is 0.287 e. The molecule has 9 heteroatoms. The quantitative estimate of drug-likeness (QED) is 0.390. The zero-order valence-electron chi connectivity index (χ0n) is 22.3. The Morgan fingerprint density at radius 1 is 0.900 bits per heavy atom. The number of hydrogen-bond acceptors (Lipinski definition) is 5. The van der Waals surface area contributed by atoms with Crippen molar-refractivity contribution in [1.82, 2.24) is 10.6 Å². The van der Waals surface area contributed by atoms with Gasteiger partial charge in [0.2, 0.25) is 5.91 Å². The van der Waals surface area contributed by atoms with Crippen molar-refractivity contribution in [3.05, 3.63) is 59.9 Å². The summed E-state index contributed by atoms with van der Waals surface area (Å²) in [5, 5.41) is 16.0. The third-order valence-corrected chi connectivity index (χ3v) is 10.1. The zero-order valence-corrected chi connectivity index (χ0v) is 23.1. The highest BCUT2D eigenvalue weighted by atomic mass is 32.2. The number of benzene rings is 2. The third-order valence-electron chi connectivity index (χ3n) is 8.74. The molecule has 2 heterocycles. The Morgan fingerprint density at radius 2 is 1.57 bits per heavy atom. The zero-order chi connectivity index (χ0) is 28.0. The molecule has 6 rings (SSSR count). The van der Waals surface area contributed by atoms with Gasteiger partial charge in [-0.05, 0) is 54.5 Å². The van der Waals surface area contributed by atoms with E-state index >= 15 is 4.39 Å². The molecule has 0 radical (unpaired) electrons. The normalized spacial score (nSPS) is 25.1. The molecule has 1 aromatic heterocycles. The van der Waals surface area contributed by atoms with Gasteiger partial charge in [-0.25, -0.2) is 4.39 Å². The van der Waals surface area contributed by atoms with E-state index in [4.69, 9.17) is 4.42 Å². The lowest BCUT2D eigenvalue weighted by Crippen LogP contribution is -2.61. The number of furan rings is 1. The molecule has 40 heavy (non-hydrogen) atoms. The molecule has 2 N–H and O–H groups in total. The summed E-state index contributed by atoms with van der Waals surface area (Å²) < 4.78 is 33.0. The summed E-state index contributed by atoms with van der Waals surface area (Å²) in [5.41, 5.74) is -0.412. The van der Waals surface area contributed by atoms with Crippen molar-refractivity contribution in [3.8, 4) is 17.2 Å². The Morgan fingerprint density at radius 3 is 2.23 bits per heavy atom. The fourth-order valence-corrected chi connectivity index (χ4v) is 7.23. The van der Waals surface area contributed by atoms with Gasteiger partial charge in [-0.15, -0.1) is 0 Å². The van der Waals surface area contributed by atoms with Gasteiger partial charge in [-0.2, -0.15) is 5.26 Å². The standard InChI is InChI=1S/C31H32FN3O4S/c32-30(14-16-40(38)17-15-30)24-8-6-21(7-9-24)22-4-5-23-19-26(39-25(23)18-22)27(36)34-31(10-2-1-3-11-31)28(37)35-29(20-33)12-13-29/h4-9,18-19H,1-3,10-17H2,(H,34,36)(H,35,37). The maximum atomic E-state index is 15.4. The van der Waals surface area contributed by atoms with Crippen molar-refractivity contribution >= 4 is 34.0 Å². The second-order valence-electron chi connectivity index (χ2n) is 11.5. The largest absolute Gasteiger partial charge is 0.616 e. The second-order valence-corrected chi connectivity index (χ2v) is 13.2. The fourth-order valence-electron chi connectivity index (χ4n) is 5.92. The predicted molar refractivity (Wildman–Crippen MR) is 151 cm³/mol. The number of nitrogens with one attached hydrogen (secondary N) is 2. The van der Waals surface area contributed by atoms with Crippen molar-refractivity contribution in [2.75, 3.05) is 11.5 Å². The number of hydrogen-bond donors (Lipinski definition) is 2. The van der Waals surface area contributed by atoms with Gasteiger partial charge in [0.15, 0.2) is 5.76 Å². The van der Waals surface area contributed by atoms with Gasteiger partial charge < -0.3 is 19.6 Å². The van der Waals surface area contributed by atoms with Gasteiger partial charge >= 0.3 is 0 Å². The van der Waals surface area contributed by atoms with Gasteiger partial charge in [0.25, 0.3) is 5.91 Å². The number of carbonyl (C=O) groups is 2. The molecule has 0 unspecified atom stereocenters. The monoisotopic (exact) mass is 561 g/mol. The van der Waals surface area contributed by atoms with Crippen LogP contribution in [0.5, 0.6) is 0 Å². The number of nitriles is 1. The summed E-state index contributed by atoms with van der Waals surface area (Å²) in [6.45, 7) is 0. The number of amides is 2. The first-order valence-corrected chi connectivity index (χ1v) is 15.5. The Balaban J connectivity index is 1.20. The molecule has 0 bridgehead atoms. The molecule has 0 spiro atoms. The molecule has 1 saturated heterocycles. The molecule has 208 valence electrons. The SMILES string of the molecule is N#CC1(NC(=O)C2(NC(=O)c3cc4ccc(-c5ccc(C6(F)CC[S+]([O-])CC6)cc5)cc4o3)CCCCC2)CC1. The molecule has 3 aliphatic rings. The van der Waals surface area contributed by atoms with Crippen molar-refractivity contribution in [1.29, 1.82) is 5.26 Å². The van der Waals surface area contributed by atoms with E-state index in [-0.39, 0.29) is 24.5 Å². The van der Waals surface area contributed by atoms with Crippen LogP contribution in [0.3, 0.4) is 0 Å². The van der Waals surface area contributed by atoms with Gasteiger partial charge in [-0.1, -0.05) is 66.8 Å². The molecular weight excluding hydrogens is 529 g/mol. The molecule has 0 atom stereocenters. The Bertz CT molecular complexity index is 1480. The predicted octanol–water partition coefficient (Wildman–Crippen LogP) is 5.41. The summed E-state index contributed by atoms with van der Waals surface area (Å²) in [6.07, 6.45) is 5.46. The van der Waals surface area contributed by atoms with E-state index in [0.29, 0.717) is 48.3 Å². The molecule has 1 aliphatic heterocycles. The highest BCUT2D eigenvalue weighted by molar-refractivity contribution is 7.91. The highest BCUT2D eigenvalue weighted by Crippen LogP contribution is 2.39. The maximum absolute atomic E-state index is 15.4. The number of alkyl halides is 1. The smallest absolute Gasteiger partial charge is 0.287 e. The first-order chi connectivity index (χ1) is 19.2. The van der Waals surface area contributed by atoms with Crippen LogP contribution in [0.1, 0.15) is 73.9 Å². The lowest BCUT2D eigenvalue weighted by Gasteiger charge is -2.37. The average Bonchev–Trinajstić information content (AvgIpc) is 3.61. The fraction of sp³-hybridized carbons (Fsp3) is 0.452. The van der Waals surface area contributed by atoms with E-state index in [0.717, 1.165) is 35.8 Å². The van der Waals surface area contributed by atoms with Gasteiger partial charge in [-0.3, -0.25) is 9.59 Å². The molecule has 2 aliphatic carbocycles. The van der Waals surface area contributed by atoms with Crippen LogP contribution in [0, 0.1) is 11.3 Å². The summed E-state index contributed by atoms with van der Waals surface area (Å²) in [6, 6.07) is 16.8. The summed E-state index contributed by atoms with van der Waals surface area (Å²) in [4.78, 5) is 26.6. The van der Waals surface area contributed by atoms with E-state index in [1.807, 2.05) is 30.3 Å². The van der Waals surface area contributed by atoms with Gasteiger partial charge in [0.05, 0.1) is 6.07 Å². The summed E-state index contributed by atoms with van der Waals surface area (Å²) >= 11 is -0.930. The molecule has 2 saturated carbocycles. The van der Waals surface area contributed by atoms with Crippen molar-refractivity contribution in [2.24, 2.45) is 0 Å². The molecule has 2 amide bonds. The molecular formula is C31H32FN3O4S. The van der Waals surface area contributed by atoms with Gasteiger partial charge in [0, 0.05) is 18.2 Å². The second kappa shape index (κ2) is 10.2. The van der Waals surface area contributed by atoms with Crippen LogP contribution in [-0.2, 0) is 21.6 Å². The Hall–Kier alpha value is -3.35. The number of nitrogens with zero attached hydrogens (tertiary/aromatic N) is 1. The minimum Gasteiger partial charge on any atom is -0.616 e. The number of fused-ring (bicyclic) bond motifs is 1.